The fourth-order valence-electron chi connectivity index (χ4n) is 4.38. The SMILES string of the molecule is O=C([O-])c1cccc(N2C(=O)[C@@H]3[C@@H]4C[C@@H]([C@H](Br)[C@@H]4Br)[C@@H]3C2=O)c1. The maximum Gasteiger partial charge on any atom is 0.238 e. The van der Waals surface area contributed by atoms with Crippen LogP contribution in [0.5, 0.6) is 0 Å². The highest BCUT2D eigenvalue weighted by Gasteiger charge is 2.66. The number of carboxylic acid groups (broad SMARTS) is 1. The van der Waals surface area contributed by atoms with Gasteiger partial charge in [0.2, 0.25) is 11.8 Å². The molecule has 7 heteroatoms. The number of alkyl halides is 2. The topological polar surface area (TPSA) is 77.5 Å². The molecule has 2 saturated carbocycles. The number of halogens is 2. The van der Waals surface area contributed by atoms with Crippen LogP contribution in [0.1, 0.15) is 16.8 Å². The van der Waals surface area contributed by atoms with Gasteiger partial charge in [0.25, 0.3) is 0 Å². The second-order valence-corrected chi connectivity index (χ2v) is 8.47. The fraction of sp³-hybridized carbons (Fsp3) is 0.438. The summed E-state index contributed by atoms with van der Waals surface area (Å²) in [4.78, 5) is 38.2. The van der Waals surface area contributed by atoms with Crippen LogP contribution < -0.4 is 10.0 Å². The number of hydrogen-bond donors (Lipinski definition) is 0. The summed E-state index contributed by atoms with van der Waals surface area (Å²) in [7, 11) is 0. The molecule has 1 aromatic rings. The number of anilines is 1. The van der Waals surface area contributed by atoms with Crippen LogP contribution in [0.2, 0.25) is 0 Å². The van der Waals surface area contributed by atoms with Crippen molar-refractivity contribution in [3.8, 4) is 0 Å². The van der Waals surface area contributed by atoms with Gasteiger partial charge < -0.3 is 9.90 Å². The van der Waals surface area contributed by atoms with E-state index in [0.29, 0.717) is 5.69 Å². The second kappa shape index (κ2) is 5.14. The summed E-state index contributed by atoms with van der Waals surface area (Å²) in [6.45, 7) is 0. The Hall–Kier alpha value is -1.21. The number of rotatable bonds is 2. The molecule has 5 nitrogen and oxygen atoms in total. The Kier molecular flexibility index (Phi) is 3.43. The van der Waals surface area contributed by atoms with E-state index in [-0.39, 0.29) is 50.7 Å². The van der Waals surface area contributed by atoms with E-state index in [1.807, 2.05) is 0 Å². The number of aromatic carboxylic acids is 1. The normalized spacial score (nSPS) is 38.3. The van der Waals surface area contributed by atoms with E-state index < -0.39 is 5.97 Å². The average molecular weight is 442 g/mol. The summed E-state index contributed by atoms with van der Waals surface area (Å²) in [5.41, 5.74) is 0.271. The quantitative estimate of drug-likeness (QED) is 0.512. The first-order valence-electron chi connectivity index (χ1n) is 7.39. The lowest BCUT2D eigenvalue weighted by Gasteiger charge is -2.28. The van der Waals surface area contributed by atoms with Crippen molar-refractivity contribution in [2.24, 2.45) is 23.7 Å². The number of benzene rings is 1. The van der Waals surface area contributed by atoms with E-state index in [1.54, 1.807) is 6.07 Å². The molecule has 0 N–H and O–H groups in total. The van der Waals surface area contributed by atoms with E-state index in [4.69, 9.17) is 0 Å². The summed E-state index contributed by atoms with van der Waals surface area (Å²) in [5.74, 6) is -2.10. The molecule has 120 valence electrons. The summed E-state index contributed by atoms with van der Waals surface area (Å²) < 4.78 is 0. The van der Waals surface area contributed by atoms with Gasteiger partial charge >= 0.3 is 0 Å². The molecule has 1 aromatic carbocycles. The summed E-state index contributed by atoms with van der Waals surface area (Å²) >= 11 is 7.27. The summed E-state index contributed by atoms with van der Waals surface area (Å²) in [6.07, 6.45) is 0.867. The molecule has 0 spiro atoms. The number of carbonyl (C=O) groups excluding carboxylic acids is 3. The Morgan fingerprint density at radius 3 is 2.17 bits per heavy atom. The predicted octanol–water partition coefficient (Wildman–Crippen LogP) is 1.33. The van der Waals surface area contributed by atoms with Crippen molar-refractivity contribution in [1.82, 2.24) is 0 Å². The minimum Gasteiger partial charge on any atom is -0.545 e. The smallest absolute Gasteiger partial charge is 0.238 e. The van der Waals surface area contributed by atoms with Crippen LogP contribution in [0.4, 0.5) is 5.69 Å². The zero-order valence-corrected chi connectivity index (χ0v) is 15.0. The molecule has 0 unspecified atom stereocenters. The molecule has 4 rings (SSSR count). The molecule has 0 radical (unpaired) electrons. The minimum atomic E-state index is -1.33. The van der Waals surface area contributed by atoms with Crippen LogP contribution in [0, 0.1) is 23.7 Å². The van der Waals surface area contributed by atoms with Crippen molar-refractivity contribution >= 4 is 55.3 Å². The first-order chi connectivity index (χ1) is 10.9. The number of nitrogens with zero attached hydrogens (tertiary/aromatic N) is 1. The first-order valence-corrected chi connectivity index (χ1v) is 9.22. The molecule has 3 aliphatic rings. The third kappa shape index (κ3) is 1.99. The highest BCUT2D eigenvalue weighted by molar-refractivity contribution is 9.12. The van der Waals surface area contributed by atoms with Crippen molar-refractivity contribution in [3.63, 3.8) is 0 Å². The number of carboxylic acids is 1. The van der Waals surface area contributed by atoms with Gasteiger partial charge in [-0.25, -0.2) is 0 Å². The van der Waals surface area contributed by atoms with Crippen molar-refractivity contribution in [3.05, 3.63) is 29.8 Å². The molecule has 2 aliphatic carbocycles. The molecule has 1 aliphatic heterocycles. The number of carbonyl (C=O) groups is 3. The maximum absolute atomic E-state index is 12.8. The maximum atomic E-state index is 12.8. The third-order valence-electron chi connectivity index (χ3n) is 5.33. The summed E-state index contributed by atoms with van der Waals surface area (Å²) in [6, 6.07) is 5.81. The van der Waals surface area contributed by atoms with Crippen molar-refractivity contribution < 1.29 is 19.5 Å². The second-order valence-electron chi connectivity index (χ2n) is 6.35. The van der Waals surface area contributed by atoms with E-state index in [0.717, 1.165) is 11.3 Å². The number of fused-ring (bicyclic) bond motifs is 5. The molecule has 1 saturated heterocycles. The number of hydrogen-bond acceptors (Lipinski definition) is 4. The van der Waals surface area contributed by atoms with Crippen LogP contribution in [0.15, 0.2) is 24.3 Å². The highest BCUT2D eigenvalue weighted by Crippen LogP contribution is 2.60. The zero-order chi connectivity index (χ0) is 16.5. The van der Waals surface area contributed by atoms with Gasteiger partial charge in [0, 0.05) is 9.65 Å². The Bertz CT molecular complexity index is 705. The van der Waals surface area contributed by atoms with Gasteiger partial charge in [-0.1, -0.05) is 44.0 Å². The van der Waals surface area contributed by atoms with Crippen LogP contribution in [-0.4, -0.2) is 27.4 Å². The number of amides is 2. The van der Waals surface area contributed by atoms with Gasteiger partial charge in [-0.05, 0) is 36.0 Å². The van der Waals surface area contributed by atoms with Crippen molar-refractivity contribution in [1.29, 1.82) is 0 Å². The zero-order valence-electron chi connectivity index (χ0n) is 11.8. The average Bonchev–Trinajstić information content (AvgIpc) is 3.12. The molecule has 23 heavy (non-hydrogen) atoms. The third-order valence-corrected chi connectivity index (χ3v) is 8.53. The standard InChI is InChI=1S/C16H13Br2NO4/c17-12-8-5-9(13(12)18)11-10(8)14(20)19(15(11)21)7-3-1-2-6(4-7)16(22)23/h1-4,8-13H,5H2,(H,22,23)/p-1/t8-,9+,10+,11-,12+,13-. The van der Waals surface area contributed by atoms with Gasteiger partial charge in [0.1, 0.15) is 0 Å². The Labute approximate surface area is 149 Å². The van der Waals surface area contributed by atoms with Gasteiger partial charge in [-0.2, -0.15) is 0 Å². The molecular weight excluding hydrogens is 430 g/mol. The van der Waals surface area contributed by atoms with Crippen molar-refractivity contribution in [2.45, 2.75) is 16.1 Å². The molecule has 1 heterocycles. The van der Waals surface area contributed by atoms with Gasteiger partial charge in [-0.15, -0.1) is 0 Å². The van der Waals surface area contributed by atoms with E-state index in [1.165, 1.54) is 18.2 Å². The van der Waals surface area contributed by atoms with E-state index >= 15 is 0 Å². The Morgan fingerprint density at radius 1 is 1.09 bits per heavy atom. The fourth-order valence-corrected chi connectivity index (χ4v) is 6.25. The molecule has 2 bridgehead atoms. The lowest BCUT2D eigenvalue weighted by molar-refractivity contribution is -0.255. The molecule has 6 atom stereocenters. The largest absolute Gasteiger partial charge is 0.545 e. The predicted molar refractivity (Wildman–Crippen MR) is 87.3 cm³/mol. The van der Waals surface area contributed by atoms with Crippen LogP contribution in [-0.2, 0) is 9.59 Å². The van der Waals surface area contributed by atoms with E-state index in [2.05, 4.69) is 31.9 Å². The molecule has 3 fully saturated rings. The molecule has 2 amide bonds. The Balaban J connectivity index is 1.73. The summed E-state index contributed by atoms with van der Waals surface area (Å²) in [5, 5.41) is 11.0. The van der Waals surface area contributed by atoms with Crippen LogP contribution in [0.25, 0.3) is 0 Å². The molecular formula is C16H12Br2NO4-. The van der Waals surface area contributed by atoms with Crippen molar-refractivity contribution in [2.75, 3.05) is 4.90 Å². The van der Waals surface area contributed by atoms with Crippen LogP contribution in [0.3, 0.4) is 0 Å². The van der Waals surface area contributed by atoms with Crippen LogP contribution >= 0.6 is 31.9 Å². The molecule has 0 aromatic heterocycles. The highest BCUT2D eigenvalue weighted by atomic mass is 79.9. The van der Waals surface area contributed by atoms with Gasteiger partial charge in [-0.3, -0.25) is 14.5 Å². The van der Waals surface area contributed by atoms with Gasteiger partial charge in [0.15, 0.2) is 0 Å². The lowest BCUT2D eigenvalue weighted by Crippen LogP contribution is -2.37. The lowest BCUT2D eigenvalue weighted by atomic mass is 9.81. The first kappa shape index (κ1) is 15.3. The Morgan fingerprint density at radius 2 is 1.65 bits per heavy atom. The van der Waals surface area contributed by atoms with Gasteiger partial charge in [0.05, 0.1) is 23.5 Å². The van der Waals surface area contributed by atoms with E-state index in [9.17, 15) is 19.5 Å². The monoisotopic (exact) mass is 440 g/mol. The number of imide groups is 1. The minimum absolute atomic E-state index is 0.0418.